The third-order valence-electron chi connectivity index (χ3n) is 11.0. The van der Waals surface area contributed by atoms with Gasteiger partial charge in [-0.05, 0) is 117 Å². The van der Waals surface area contributed by atoms with Crippen molar-refractivity contribution in [3.8, 4) is 0 Å². The summed E-state index contributed by atoms with van der Waals surface area (Å²) in [6.07, 6.45) is 8.96. The average Bonchev–Trinajstić information content (AvgIpc) is 3.37. The second-order valence-electron chi connectivity index (χ2n) is 12.7. The lowest BCUT2D eigenvalue weighted by Gasteiger charge is -2.62. The van der Waals surface area contributed by atoms with Gasteiger partial charge in [0.05, 0.1) is 5.60 Å². The molecule has 0 radical (unpaired) electrons. The highest BCUT2D eigenvalue weighted by molar-refractivity contribution is 6.31. The van der Waals surface area contributed by atoms with Gasteiger partial charge in [-0.15, -0.1) is 0 Å². The van der Waals surface area contributed by atoms with Gasteiger partial charge in [0, 0.05) is 17.5 Å². The Kier molecular flexibility index (Phi) is 5.63. The van der Waals surface area contributed by atoms with Crippen molar-refractivity contribution >= 4 is 28.4 Å². The molecule has 35 heavy (non-hydrogen) atoms. The van der Waals surface area contributed by atoms with Crippen molar-refractivity contribution in [3.05, 3.63) is 23.2 Å². The van der Waals surface area contributed by atoms with Crippen molar-refractivity contribution in [2.24, 2.45) is 40.4 Å². The predicted octanol–water partition coefficient (Wildman–Crippen LogP) is 5.04. The maximum atomic E-state index is 13.6. The summed E-state index contributed by atoms with van der Waals surface area (Å²) in [5, 5.41) is 31.1. The van der Waals surface area contributed by atoms with Crippen molar-refractivity contribution in [1.29, 1.82) is 0 Å². The minimum Gasteiger partial charge on any atom is -0.396 e. The number of carbonyl (C=O) groups excluding carboxylic acids is 1. The Labute approximate surface area is 212 Å². The summed E-state index contributed by atoms with van der Waals surface area (Å²) < 4.78 is 0. The number of halogens is 1. The van der Waals surface area contributed by atoms with Crippen LogP contribution >= 0.6 is 11.6 Å². The van der Waals surface area contributed by atoms with Crippen LogP contribution in [0.25, 0.3) is 11.0 Å². The summed E-state index contributed by atoms with van der Waals surface area (Å²) in [6.45, 7) is 4.78. The fourth-order valence-corrected chi connectivity index (χ4v) is 9.49. The number of hydrogen-bond acceptors (Lipinski definition) is 5. The number of benzene rings is 1. The molecule has 0 aliphatic heterocycles. The lowest BCUT2D eigenvalue weighted by Crippen LogP contribution is -2.58. The molecule has 2 aromatic rings. The average molecular weight is 500 g/mol. The standard InChI is InChI=1S/C28H38ClN3O3/c1-26(35)11-12-28(16-33)17(14-26)3-5-19-20-6-7-22(27(20,2)10-9-21(19)28)25(34)15-32-30-23-8-4-18(29)13-24(23)31-32/h4,8,13,17,19-22,33,35H,3,5-7,9-12,14-16H2,1-2H3/t17-,19-,20-,21-,22+,26+,27-,28+/m0/s1. The number of aromatic nitrogens is 3. The highest BCUT2D eigenvalue weighted by Gasteiger charge is 2.62. The molecule has 1 aromatic heterocycles. The SMILES string of the molecule is C[C@@]1(O)CC[C@@]2(CO)[C@@H](CC[C@H]3[C@@H]4CC[C@H](C(=O)Cn5nc6ccc(Cl)cc6n5)[C@@]4(C)CC[C@@H]32)C1. The first-order chi connectivity index (χ1) is 16.6. The Hall–Kier alpha value is -1.50. The van der Waals surface area contributed by atoms with Crippen LogP contribution in [0.15, 0.2) is 18.2 Å². The van der Waals surface area contributed by atoms with Gasteiger partial charge in [0.1, 0.15) is 17.6 Å². The molecule has 0 spiro atoms. The molecule has 4 aliphatic rings. The van der Waals surface area contributed by atoms with E-state index >= 15 is 0 Å². The number of carbonyl (C=O) groups is 1. The molecule has 0 bridgehead atoms. The molecule has 7 heteroatoms. The molecule has 190 valence electrons. The second kappa shape index (κ2) is 8.26. The number of Topliss-reactive ketones (excluding diaryl/α,β-unsaturated/α-hetero) is 1. The maximum absolute atomic E-state index is 13.6. The quantitative estimate of drug-likeness (QED) is 0.615. The Balaban J connectivity index is 1.22. The highest BCUT2D eigenvalue weighted by atomic mass is 35.5. The fraction of sp³-hybridized carbons (Fsp3) is 0.750. The highest BCUT2D eigenvalue weighted by Crippen LogP contribution is 2.68. The molecule has 6 nitrogen and oxygen atoms in total. The number of nitrogens with zero attached hydrogens (tertiary/aromatic N) is 3. The summed E-state index contributed by atoms with van der Waals surface area (Å²) in [6, 6.07) is 5.43. The van der Waals surface area contributed by atoms with Gasteiger partial charge in [-0.1, -0.05) is 18.5 Å². The van der Waals surface area contributed by atoms with E-state index in [1.807, 2.05) is 13.0 Å². The van der Waals surface area contributed by atoms with E-state index in [0.29, 0.717) is 28.7 Å². The van der Waals surface area contributed by atoms with Gasteiger partial charge in [0.15, 0.2) is 5.78 Å². The van der Waals surface area contributed by atoms with E-state index in [0.717, 1.165) is 62.4 Å². The van der Waals surface area contributed by atoms with Gasteiger partial charge in [-0.25, -0.2) is 0 Å². The van der Waals surface area contributed by atoms with Crippen molar-refractivity contribution in [3.63, 3.8) is 0 Å². The van der Waals surface area contributed by atoms with Gasteiger partial charge in [0.2, 0.25) is 0 Å². The minimum atomic E-state index is -0.596. The fourth-order valence-electron chi connectivity index (χ4n) is 9.32. The molecule has 1 aromatic carbocycles. The lowest BCUT2D eigenvalue weighted by atomic mass is 9.43. The Morgan fingerprint density at radius 1 is 1.06 bits per heavy atom. The van der Waals surface area contributed by atoms with Crippen LogP contribution < -0.4 is 0 Å². The number of rotatable bonds is 4. The first kappa shape index (κ1) is 23.9. The molecule has 1 heterocycles. The maximum Gasteiger partial charge on any atom is 0.159 e. The normalized spacial score (nSPS) is 42.9. The van der Waals surface area contributed by atoms with Crippen molar-refractivity contribution in [2.45, 2.75) is 83.8 Å². The van der Waals surface area contributed by atoms with Crippen LogP contribution in [0.3, 0.4) is 0 Å². The number of aliphatic hydroxyl groups is 2. The Morgan fingerprint density at radius 3 is 2.66 bits per heavy atom. The summed E-state index contributed by atoms with van der Waals surface area (Å²) in [5.74, 6) is 2.32. The van der Waals surface area contributed by atoms with Crippen LogP contribution in [0.1, 0.15) is 71.6 Å². The van der Waals surface area contributed by atoms with E-state index in [1.165, 1.54) is 6.42 Å². The minimum absolute atomic E-state index is 0.0117. The summed E-state index contributed by atoms with van der Waals surface area (Å²) in [5.41, 5.74) is 0.850. The molecule has 4 saturated carbocycles. The Morgan fingerprint density at radius 2 is 1.86 bits per heavy atom. The van der Waals surface area contributed by atoms with Gasteiger partial charge >= 0.3 is 0 Å². The van der Waals surface area contributed by atoms with E-state index in [9.17, 15) is 15.0 Å². The van der Waals surface area contributed by atoms with Crippen molar-refractivity contribution < 1.29 is 15.0 Å². The van der Waals surface area contributed by atoms with Crippen molar-refractivity contribution in [1.82, 2.24) is 15.0 Å². The second-order valence-corrected chi connectivity index (χ2v) is 13.2. The largest absolute Gasteiger partial charge is 0.396 e. The Bertz CT molecular complexity index is 1150. The van der Waals surface area contributed by atoms with Crippen LogP contribution in [0, 0.1) is 40.4 Å². The first-order valence-corrected chi connectivity index (χ1v) is 13.9. The molecule has 0 unspecified atom stereocenters. The van der Waals surface area contributed by atoms with E-state index in [4.69, 9.17) is 11.6 Å². The summed E-state index contributed by atoms with van der Waals surface area (Å²) in [4.78, 5) is 15.1. The third kappa shape index (κ3) is 3.69. The summed E-state index contributed by atoms with van der Waals surface area (Å²) >= 11 is 6.09. The zero-order chi connectivity index (χ0) is 24.6. The zero-order valence-corrected chi connectivity index (χ0v) is 21.7. The lowest BCUT2D eigenvalue weighted by molar-refractivity contribution is -0.171. The molecule has 4 fully saturated rings. The van der Waals surface area contributed by atoms with Gasteiger partial charge in [-0.3, -0.25) is 4.79 Å². The number of aliphatic hydroxyl groups excluding tert-OH is 1. The molecular weight excluding hydrogens is 462 g/mol. The summed E-state index contributed by atoms with van der Waals surface area (Å²) in [7, 11) is 0. The van der Waals surface area contributed by atoms with Crippen LogP contribution in [0.5, 0.6) is 0 Å². The predicted molar refractivity (Wildman–Crippen MR) is 135 cm³/mol. The van der Waals surface area contributed by atoms with Crippen LogP contribution in [-0.4, -0.2) is 43.2 Å². The smallest absolute Gasteiger partial charge is 0.159 e. The van der Waals surface area contributed by atoms with E-state index in [1.54, 1.807) is 16.9 Å². The number of hydrogen-bond donors (Lipinski definition) is 2. The van der Waals surface area contributed by atoms with E-state index in [2.05, 4.69) is 17.1 Å². The topological polar surface area (TPSA) is 88.2 Å². The van der Waals surface area contributed by atoms with Crippen LogP contribution in [0.2, 0.25) is 5.02 Å². The van der Waals surface area contributed by atoms with Crippen molar-refractivity contribution in [2.75, 3.05) is 6.61 Å². The first-order valence-electron chi connectivity index (χ1n) is 13.5. The van der Waals surface area contributed by atoms with Gasteiger partial charge < -0.3 is 10.2 Å². The molecule has 6 rings (SSSR count). The monoisotopic (exact) mass is 499 g/mol. The number of ketones is 1. The van der Waals surface area contributed by atoms with Crippen LogP contribution in [0.4, 0.5) is 0 Å². The zero-order valence-electron chi connectivity index (χ0n) is 20.9. The third-order valence-corrected chi connectivity index (χ3v) is 11.3. The van der Waals surface area contributed by atoms with E-state index < -0.39 is 5.60 Å². The van der Waals surface area contributed by atoms with Gasteiger partial charge in [0.25, 0.3) is 0 Å². The van der Waals surface area contributed by atoms with E-state index in [-0.39, 0.29) is 35.7 Å². The molecule has 8 atom stereocenters. The molecular formula is C28H38ClN3O3. The van der Waals surface area contributed by atoms with Crippen LogP contribution in [-0.2, 0) is 11.3 Å². The van der Waals surface area contributed by atoms with Gasteiger partial charge in [-0.2, -0.15) is 15.0 Å². The molecule has 0 amide bonds. The molecule has 4 aliphatic carbocycles. The number of fused-ring (bicyclic) bond motifs is 6. The molecule has 2 N–H and O–H groups in total. The molecule has 0 saturated heterocycles.